The number of hydrogen-bond acceptors (Lipinski definition) is 2. The van der Waals surface area contributed by atoms with Gasteiger partial charge in [0.15, 0.2) is 0 Å². The molecular formula is C18H30N3+. The number of anilines is 1. The van der Waals surface area contributed by atoms with Crippen LogP contribution in [-0.4, -0.2) is 32.2 Å². The third-order valence-electron chi connectivity index (χ3n) is 5.64. The Morgan fingerprint density at radius 1 is 1.14 bits per heavy atom. The van der Waals surface area contributed by atoms with Crippen LogP contribution in [-0.2, 0) is 6.42 Å². The number of nitrogens with one attached hydrogen (secondary N) is 1. The smallest absolute Gasteiger partial charge is 0.133 e. The summed E-state index contributed by atoms with van der Waals surface area (Å²) in [5.74, 6) is 0. The lowest BCUT2D eigenvalue weighted by Gasteiger charge is -2.48. The molecule has 3 N–H and O–H groups in total. The first kappa shape index (κ1) is 14.9. The second-order valence-corrected chi connectivity index (χ2v) is 6.76. The van der Waals surface area contributed by atoms with Gasteiger partial charge in [-0.2, -0.15) is 0 Å². The van der Waals surface area contributed by atoms with Crippen LogP contribution in [0.4, 0.5) is 11.4 Å². The average Bonchev–Trinajstić information content (AvgIpc) is 2.57. The van der Waals surface area contributed by atoms with E-state index in [2.05, 4.69) is 30.4 Å². The maximum absolute atomic E-state index is 6.13. The summed E-state index contributed by atoms with van der Waals surface area (Å²) in [6.07, 6.45) is 7.80. The van der Waals surface area contributed by atoms with Gasteiger partial charge in [0.25, 0.3) is 0 Å². The zero-order valence-corrected chi connectivity index (χ0v) is 13.4. The minimum Gasteiger partial charge on any atom is -0.398 e. The molecule has 2 aliphatic heterocycles. The molecule has 0 radical (unpaired) electrons. The van der Waals surface area contributed by atoms with Gasteiger partial charge in [0.2, 0.25) is 0 Å². The molecule has 3 nitrogen and oxygen atoms in total. The van der Waals surface area contributed by atoms with E-state index in [0.717, 1.165) is 18.2 Å². The predicted octanol–water partition coefficient (Wildman–Crippen LogP) is 3.07. The lowest BCUT2D eigenvalue weighted by molar-refractivity contribution is 0.139. The Morgan fingerprint density at radius 3 is 2.52 bits per heavy atom. The molecule has 3 rings (SSSR count). The SMILES string of the molecule is CCc1cc([N+]2(C3CCNCC3)CCCCC2)ccc1N. The van der Waals surface area contributed by atoms with Gasteiger partial charge in [-0.1, -0.05) is 6.92 Å². The molecule has 1 aromatic carbocycles. The molecule has 1 aromatic rings. The Bertz CT molecular complexity index is 471. The van der Waals surface area contributed by atoms with Crippen molar-refractivity contribution in [1.82, 2.24) is 9.80 Å². The largest absolute Gasteiger partial charge is 0.398 e. The molecule has 0 atom stereocenters. The number of piperidine rings is 2. The normalized spacial score (nSPS) is 23.1. The summed E-state index contributed by atoms with van der Waals surface area (Å²) in [6, 6.07) is 7.65. The molecule has 3 heteroatoms. The van der Waals surface area contributed by atoms with E-state index in [1.54, 1.807) is 0 Å². The van der Waals surface area contributed by atoms with Crippen molar-refractivity contribution < 1.29 is 0 Å². The van der Waals surface area contributed by atoms with Gasteiger partial charge < -0.3 is 11.1 Å². The number of quaternary nitrogens is 1. The Hall–Kier alpha value is -1.06. The van der Waals surface area contributed by atoms with E-state index in [9.17, 15) is 0 Å². The summed E-state index contributed by atoms with van der Waals surface area (Å²) in [7, 11) is 0. The summed E-state index contributed by atoms with van der Waals surface area (Å²) in [6.45, 7) is 7.20. The van der Waals surface area contributed by atoms with Crippen molar-refractivity contribution in [3.05, 3.63) is 23.8 Å². The van der Waals surface area contributed by atoms with Gasteiger partial charge in [-0.3, -0.25) is 4.48 Å². The third-order valence-corrected chi connectivity index (χ3v) is 5.64. The van der Waals surface area contributed by atoms with Crippen molar-refractivity contribution in [2.75, 3.05) is 31.9 Å². The lowest BCUT2D eigenvalue weighted by Crippen LogP contribution is -2.62. The van der Waals surface area contributed by atoms with Crippen molar-refractivity contribution in [2.45, 2.75) is 51.5 Å². The molecule has 21 heavy (non-hydrogen) atoms. The number of nitrogens with zero attached hydrogens (tertiary/aromatic N) is 1. The van der Waals surface area contributed by atoms with Crippen molar-refractivity contribution >= 4 is 11.4 Å². The van der Waals surface area contributed by atoms with Crippen LogP contribution in [0.1, 0.15) is 44.6 Å². The van der Waals surface area contributed by atoms with Crippen LogP contribution >= 0.6 is 0 Å². The molecule has 0 spiro atoms. The zero-order valence-electron chi connectivity index (χ0n) is 13.4. The Morgan fingerprint density at radius 2 is 1.86 bits per heavy atom. The topological polar surface area (TPSA) is 38.0 Å². The van der Waals surface area contributed by atoms with Gasteiger partial charge in [0.1, 0.15) is 5.69 Å². The first-order chi connectivity index (χ1) is 10.3. The maximum Gasteiger partial charge on any atom is 0.133 e. The summed E-state index contributed by atoms with van der Waals surface area (Å²) in [4.78, 5) is 0. The standard InChI is InChI=1S/C18H30N3/c1-2-15-14-17(6-7-18(15)19)21(12-4-3-5-13-21)16-8-10-20-11-9-16/h6-7,14,16,20H,2-5,8-13,19H2,1H3/q+1. The van der Waals surface area contributed by atoms with Gasteiger partial charge in [-0.15, -0.1) is 0 Å². The van der Waals surface area contributed by atoms with Crippen LogP contribution in [0.5, 0.6) is 0 Å². The van der Waals surface area contributed by atoms with Crippen molar-refractivity contribution in [3.63, 3.8) is 0 Å². The van der Waals surface area contributed by atoms with Crippen LogP contribution in [0.2, 0.25) is 0 Å². The Labute approximate surface area is 129 Å². The molecule has 2 aliphatic rings. The average molecular weight is 288 g/mol. The van der Waals surface area contributed by atoms with E-state index in [1.165, 1.54) is 74.0 Å². The Kier molecular flexibility index (Phi) is 4.51. The van der Waals surface area contributed by atoms with E-state index >= 15 is 0 Å². The van der Waals surface area contributed by atoms with Gasteiger partial charge in [0, 0.05) is 43.8 Å². The molecule has 2 heterocycles. The van der Waals surface area contributed by atoms with Crippen LogP contribution < -0.4 is 15.5 Å². The van der Waals surface area contributed by atoms with Crippen molar-refractivity contribution in [1.29, 1.82) is 0 Å². The molecular weight excluding hydrogens is 258 g/mol. The highest BCUT2D eigenvalue weighted by Crippen LogP contribution is 2.36. The summed E-state index contributed by atoms with van der Waals surface area (Å²) in [5.41, 5.74) is 9.94. The van der Waals surface area contributed by atoms with Crippen LogP contribution in [0.25, 0.3) is 0 Å². The highest BCUT2D eigenvalue weighted by Gasteiger charge is 2.40. The second kappa shape index (κ2) is 6.37. The molecule has 2 saturated heterocycles. The predicted molar refractivity (Wildman–Crippen MR) is 91.5 cm³/mol. The van der Waals surface area contributed by atoms with E-state index < -0.39 is 0 Å². The van der Waals surface area contributed by atoms with Gasteiger partial charge in [-0.05, 0) is 37.3 Å². The number of hydrogen-bond donors (Lipinski definition) is 2. The minimum absolute atomic E-state index is 0.792. The summed E-state index contributed by atoms with van der Waals surface area (Å²) < 4.78 is 1.22. The molecule has 0 saturated carbocycles. The number of rotatable bonds is 3. The first-order valence-electron chi connectivity index (χ1n) is 8.73. The van der Waals surface area contributed by atoms with E-state index in [0.29, 0.717) is 0 Å². The molecule has 0 aromatic heterocycles. The van der Waals surface area contributed by atoms with E-state index in [1.807, 2.05) is 0 Å². The van der Waals surface area contributed by atoms with Crippen molar-refractivity contribution in [3.8, 4) is 0 Å². The second-order valence-electron chi connectivity index (χ2n) is 6.76. The quantitative estimate of drug-likeness (QED) is 0.662. The fourth-order valence-electron chi connectivity index (χ4n) is 4.39. The van der Waals surface area contributed by atoms with Gasteiger partial charge >= 0.3 is 0 Å². The maximum atomic E-state index is 6.13. The van der Waals surface area contributed by atoms with Crippen molar-refractivity contribution in [2.24, 2.45) is 0 Å². The number of nitrogen functional groups attached to an aromatic ring is 1. The van der Waals surface area contributed by atoms with Crippen LogP contribution in [0, 0.1) is 0 Å². The zero-order chi connectivity index (χ0) is 14.7. The molecule has 116 valence electrons. The number of likely N-dealkylation sites (tertiary alicyclic amines) is 1. The molecule has 0 bridgehead atoms. The fraction of sp³-hybridized carbons (Fsp3) is 0.667. The van der Waals surface area contributed by atoms with E-state index in [-0.39, 0.29) is 0 Å². The highest BCUT2D eigenvalue weighted by molar-refractivity contribution is 5.57. The highest BCUT2D eigenvalue weighted by atomic mass is 15.4. The minimum atomic E-state index is 0.792. The van der Waals surface area contributed by atoms with Gasteiger partial charge in [0.05, 0.1) is 19.1 Å². The number of nitrogens with two attached hydrogens (primary N) is 1. The molecule has 0 unspecified atom stereocenters. The lowest BCUT2D eigenvalue weighted by atomic mass is 9.94. The Balaban J connectivity index is 1.98. The van der Waals surface area contributed by atoms with E-state index in [4.69, 9.17) is 5.73 Å². The fourth-order valence-corrected chi connectivity index (χ4v) is 4.39. The first-order valence-corrected chi connectivity index (χ1v) is 8.73. The number of aryl methyl sites for hydroxylation is 1. The molecule has 0 aliphatic carbocycles. The van der Waals surface area contributed by atoms with Gasteiger partial charge in [-0.25, -0.2) is 0 Å². The third kappa shape index (κ3) is 2.82. The summed E-state index contributed by atoms with van der Waals surface area (Å²) in [5, 5.41) is 3.52. The van der Waals surface area contributed by atoms with Crippen LogP contribution in [0.3, 0.4) is 0 Å². The molecule has 0 amide bonds. The molecule has 2 fully saturated rings. The summed E-state index contributed by atoms with van der Waals surface area (Å²) >= 11 is 0. The van der Waals surface area contributed by atoms with Crippen LogP contribution in [0.15, 0.2) is 18.2 Å². The number of benzene rings is 1. The monoisotopic (exact) mass is 288 g/mol.